The predicted molar refractivity (Wildman–Crippen MR) is 109 cm³/mol. The molecule has 0 radical (unpaired) electrons. The highest BCUT2D eigenvalue weighted by Gasteiger charge is 2.61. The smallest absolute Gasteiger partial charge is 0.341 e. The summed E-state index contributed by atoms with van der Waals surface area (Å²) in [6.45, 7) is 3.24. The van der Waals surface area contributed by atoms with E-state index in [9.17, 15) is 14.4 Å². The standard InChI is InChI=1S/C20H21BrN2O7/c1-4-28-17(24)14-10(2)30-16(22)15(18(25)29-8-7-27-3)20(14)12-9-11(21)5-6-13(12)23-19(20)26/h5-6,9H,4,7-8,22H2,1-3H3,(H,23,26)/t20-/m0/s1. The van der Waals surface area contributed by atoms with Crippen molar-refractivity contribution in [1.29, 1.82) is 0 Å². The van der Waals surface area contributed by atoms with E-state index in [-0.39, 0.29) is 42.6 Å². The lowest BCUT2D eigenvalue weighted by Crippen LogP contribution is -2.48. The van der Waals surface area contributed by atoms with Crippen molar-refractivity contribution < 1.29 is 33.3 Å². The third kappa shape index (κ3) is 3.35. The van der Waals surface area contributed by atoms with Crippen LogP contribution < -0.4 is 11.1 Å². The second-order valence-corrected chi connectivity index (χ2v) is 7.43. The first-order valence-corrected chi connectivity index (χ1v) is 9.92. The first-order chi connectivity index (χ1) is 14.3. The van der Waals surface area contributed by atoms with Crippen molar-refractivity contribution in [3.63, 3.8) is 0 Å². The van der Waals surface area contributed by atoms with Crippen LogP contribution in [0.15, 0.2) is 45.5 Å². The van der Waals surface area contributed by atoms with Crippen LogP contribution in [-0.4, -0.2) is 44.8 Å². The molecule has 2 heterocycles. The van der Waals surface area contributed by atoms with Gasteiger partial charge in [-0.3, -0.25) is 4.79 Å². The fraction of sp³-hybridized carbons (Fsp3) is 0.350. The van der Waals surface area contributed by atoms with Gasteiger partial charge in [-0.15, -0.1) is 0 Å². The minimum atomic E-state index is -1.89. The van der Waals surface area contributed by atoms with Gasteiger partial charge in [0.1, 0.15) is 28.9 Å². The van der Waals surface area contributed by atoms with Gasteiger partial charge < -0.3 is 30.0 Å². The maximum atomic E-state index is 13.4. The molecular formula is C20H21BrN2O7. The van der Waals surface area contributed by atoms with Gasteiger partial charge in [0.2, 0.25) is 11.8 Å². The molecule has 1 atom stereocenters. The Morgan fingerprint density at radius 3 is 2.57 bits per heavy atom. The zero-order valence-corrected chi connectivity index (χ0v) is 18.3. The Labute approximate surface area is 181 Å². The number of ether oxygens (including phenoxy) is 4. The van der Waals surface area contributed by atoms with Crippen LogP contribution in [0.5, 0.6) is 0 Å². The number of allylic oxidation sites excluding steroid dienone is 1. The Balaban J connectivity index is 2.29. The zero-order chi connectivity index (χ0) is 22.1. The topological polar surface area (TPSA) is 126 Å². The molecule has 160 valence electrons. The summed E-state index contributed by atoms with van der Waals surface area (Å²) in [6.07, 6.45) is 0. The highest BCUT2D eigenvalue weighted by Crippen LogP contribution is 2.53. The van der Waals surface area contributed by atoms with Gasteiger partial charge in [0.05, 0.1) is 13.2 Å². The number of rotatable bonds is 6. The van der Waals surface area contributed by atoms with E-state index in [1.54, 1.807) is 25.1 Å². The fourth-order valence-corrected chi connectivity index (χ4v) is 4.02. The lowest BCUT2D eigenvalue weighted by Gasteiger charge is -2.35. The molecule has 0 aromatic heterocycles. The van der Waals surface area contributed by atoms with Crippen molar-refractivity contribution in [2.45, 2.75) is 19.3 Å². The number of benzene rings is 1. The number of fused-ring (bicyclic) bond motifs is 2. The average Bonchev–Trinajstić information content (AvgIpc) is 2.94. The number of esters is 2. The molecule has 10 heteroatoms. The van der Waals surface area contributed by atoms with E-state index >= 15 is 0 Å². The van der Waals surface area contributed by atoms with Crippen molar-refractivity contribution in [2.24, 2.45) is 5.73 Å². The van der Waals surface area contributed by atoms with Crippen LogP contribution in [0.4, 0.5) is 5.69 Å². The lowest BCUT2D eigenvalue weighted by atomic mass is 9.67. The van der Waals surface area contributed by atoms with E-state index < -0.39 is 23.3 Å². The van der Waals surface area contributed by atoms with Crippen molar-refractivity contribution in [3.8, 4) is 0 Å². The Morgan fingerprint density at radius 1 is 1.20 bits per heavy atom. The number of carbonyl (C=O) groups is 3. The van der Waals surface area contributed by atoms with E-state index in [1.807, 2.05) is 0 Å². The minimum absolute atomic E-state index is 0.0577. The molecule has 9 nitrogen and oxygen atoms in total. The van der Waals surface area contributed by atoms with E-state index in [4.69, 9.17) is 24.7 Å². The van der Waals surface area contributed by atoms with Crippen molar-refractivity contribution >= 4 is 39.5 Å². The highest BCUT2D eigenvalue weighted by atomic mass is 79.9. The molecule has 1 spiro atoms. The molecule has 0 fully saturated rings. The molecule has 0 saturated heterocycles. The van der Waals surface area contributed by atoms with Gasteiger partial charge in [0, 0.05) is 22.8 Å². The van der Waals surface area contributed by atoms with Gasteiger partial charge in [0.15, 0.2) is 0 Å². The van der Waals surface area contributed by atoms with Gasteiger partial charge in [-0.05, 0) is 32.0 Å². The number of amides is 1. The van der Waals surface area contributed by atoms with Gasteiger partial charge in [0.25, 0.3) is 0 Å². The molecule has 2 aliphatic heterocycles. The van der Waals surface area contributed by atoms with E-state index in [2.05, 4.69) is 21.2 Å². The summed E-state index contributed by atoms with van der Waals surface area (Å²) in [5, 5.41) is 2.73. The van der Waals surface area contributed by atoms with Crippen LogP contribution in [0.1, 0.15) is 19.4 Å². The third-order valence-corrected chi connectivity index (χ3v) is 5.28. The summed E-state index contributed by atoms with van der Waals surface area (Å²) in [6, 6.07) is 5.02. The van der Waals surface area contributed by atoms with Gasteiger partial charge >= 0.3 is 11.9 Å². The van der Waals surface area contributed by atoms with Crippen LogP contribution in [0.2, 0.25) is 0 Å². The molecule has 1 aromatic rings. The molecule has 30 heavy (non-hydrogen) atoms. The van der Waals surface area contributed by atoms with Crippen molar-refractivity contribution in [3.05, 3.63) is 51.0 Å². The summed E-state index contributed by atoms with van der Waals surface area (Å²) >= 11 is 3.38. The molecule has 1 amide bonds. The summed E-state index contributed by atoms with van der Waals surface area (Å²) in [4.78, 5) is 39.4. The first kappa shape index (κ1) is 21.8. The summed E-state index contributed by atoms with van der Waals surface area (Å²) in [5.41, 5.74) is 4.54. The van der Waals surface area contributed by atoms with E-state index in [1.165, 1.54) is 14.0 Å². The number of carbonyl (C=O) groups excluding carboxylic acids is 3. The Kier molecular flexibility index (Phi) is 6.18. The highest BCUT2D eigenvalue weighted by molar-refractivity contribution is 9.10. The maximum Gasteiger partial charge on any atom is 0.341 e. The van der Waals surface area contributed by atoms with Crippen molar-refractivity contribution in [1.82, 2.24) is 0 Å². The van der Waals surface area contributed by atoms with Crippen LogP contribution >= 0.6 is 15.9 Å². The second-order valence-electron chi connectivity index (χ2n) is 6.52. The van der Waals surface area contributed by atoms with Crippen LogP contribution in [0.3, 0.4) is 0 Å². The van der Waals surface area contributed by atoms with Crippen LogP contribution in [0, 0.1) is 0 Å². The zero-order valence-electron chi connectivity index (χ0n) is 16.7. The molecule has 0 saturated carbocycles. The van der Waals surface area contributed by atoms with Crippen LogP contribution in [-0.2, 0) is 38.7 Å². The normalized spacial score (nSPS) is 20.1. The third-order valence-electron chi connectivity index (χ3n) is 4.79. The minimum Gasteiger partial charge on any atom is -0.462 e. The molecule has 1 aromatic carbocycles. The predicted octanol–water partition coefficient (Wildman–Crippen LogP) is 1.87. The number of nitrogens with one attached hydrogen (secondary N) is 1. The molecule has 3 rings (SSSR count). The molecule has 2 aliphatic rings. The quantitative estimate of drug-likeness (QED) is 0.466. The molecule has 0 aliphatic carbocycles. The first-order valence-electron chi connectivity index (χ1n) is 9.13. The average molecular weight is 481 g/mol. The summed E-state index contributed by atoms with van der Waals surface area (Å²) < 4.78 is 21.5. The number of anilines is 1. The number of hydrogen-bond donors (Lipinski definition) is 2. The molecule has 0 unspecified atom stereocenters. The lowest BCUT2D eigenvalue weighted by molar-refractivity contribution is -0.144. The monoisotopic (exact) mass is 480 g/mol. The van der Waals surface area contributed by atoms with Gasteiger partial charge in [-0.2, -0.15) is 0 Å². The molecular weight excluding hydrogens is 460 g/mol. The van der Waals surface area contributed by atoms with E-state index in [0.717, 1.165) is 0 Å². The SMILES string of the molecule is CCOC(=O)C1=C(C)OC(N)=C(C(=O)OCCOC)[C@@]12C(=O)Nc1ccc(Br)cc12. The Morgan fingerprint density at radius 2 is 1.90 bits per heavy atom. The van der Waals surface area contributed by atoms with Crippen LogP contribution in [0.25, 0.3) is 0 Å². The number of hydrogen-bond acceptors (Lipinski definition) is 8. The number of methoxy groups -OCH3 is 1. The largest absolute Gasteiger partial charge is 0.462 e. The Hall–Kier alpha value is -2.85. The van der Waals surface area contributed by atoms with Gasteiger partial charge in [-0.25, -0.2) is 9.59 Å². The number of halogens is 1. The van der Waals surface area contributed by atoms with Gasteiger partial charge in [-0.1, -0.05) is 15.9 Å². The van der Waals surface area contributed by atoms with Crippen molar-refractivity contribution in [2.75, 3.05) is 32.2 Å². The second kappa shape index (κ2) is 8.49. The summed E-state index contributed by atoms with van der Waals surface area (Å²) in [5.74, 6) is -2.61. The number of nitrogens with two attached hydrogens (primary N) is 1. The maximum absolute atomic E-state index is 13.4. The molecule has 3 N–H and O–H groups in total. The fourth-order valence-electron chi connectivity index (χ4n) is 3.65. The Bertz CT molecular complexity index is 985. The molecule has 0 bridgehead atoms. The van der Waals surface area contributed by atoms with E-state index in [0.29, 0.717) is 15.7 Å². The summed E-state index contributed by atoms with van der Waals surface area (Å²) in [7, 11) is 1.45.